The van der Waals surface area contributed by atoms with Gasteiger partial charge in [0.15, 0.2) is 11.6 Å². The van der Waals surface area contributed by atoms with E-state index in [9.17, 15) is 8.78 Å². The van der Waals surface area contributed by atoms with Crippen molar-refractivity contribution in [3.05, 3.63) is 77.6 Å². The van der Waals surface area contributed by atoms with Crippen molar-refractivity contribution < 1.29 is 8.78 Å². The number of rotatable bonds is 4. The summed E-state index contributed by atoms with van der Waals surface area (Å²) in [6.07, 6.45) is 3.83. The number of halogens is 2. The van der Waals surface area contributed by atoms with E-state index in [1.165, 1.54) is 11.3 Å². The molecule has 1 saturated heterocycles. The van der Waals surface area contributed by atoms with Crippen LogP contribution in [0.2, 0.25) is 0 Å². The molecule has 2 heterocycles. The molecule has 0 aliphatic carbocycles. The van der Waals surface area contributed by atoms with Crippen LogP contribution in [0.1, 0.15) is 30.0 Å². The first-order valence-corrected chi connectivity index (χ1v) is 8.96. The van der Waals surface area contributed by atoms with Gasteiger partial charge in [-0.15, -0.1) is 0 Å². The van der Waals surface area contributed by atoms with Crippen LogP contribution < -0.4 is 0 Å². The van der Waals surface area contributed by atoms with E-state index in [2.05, 4.69) is 27.2 Å². The van der Waals surface area contributed by atoms with Crippen LogP contribution in [-0.2, 0) is 6.54 Å². The number of likely N-dealkylation sites (tertiary alicyclic amines) is 1. The fraction of sp³-hybridized carbons (Fsp3) is 0.286. The Morgan fingerprint density at radius 2 is 1.77 bits per heavy atom. The zero-order valence-electron chi connectivity index (χ0n) is 14.5. The van der Waals surface area contributed by atoms with Crippen LogP contribution in [0.3, 0.4) is 0 Å². The summed E-state index contributed by atoms with van der Waals surface area (Å²) < 4.78 is 27.3. The van der Waals surface area contributed by atoms with Crippen LogP contribution in [-0.4, -0.2) is 28.2 Å². The lowest BCUT2D eigenvalue weighted by Gasteiger charge is -2.32. The zero-order valence-corrected chi connectivity index (χ0v) is 14.5. The van der Waals surface area contributed by atoms with Crippen molar-refractivity contribution in [2.75, 3.05) is 13.1 Å². The van der Waals surface area contributed by atoms with Gasteiger partial charge in [-0.05, 0) is 37.6 Å². The van der Waals surface area contributed by atoms with Gasteiger partial charge in [-0.3, -0.25) is 10.00 Å². The Bertz CT molecular complexity index is 868. The summed E-state index contributed by atoms with van der Waals surface area (Å²) in [4.78, 5) is 2.19. The van der Waals surface area contributed by atoms with E-state index in [0.717, 1.165) is 37.6 Å². The number of benzene rings is 2. The fourth-order valence-corrected chi connectivity index (χ4v) is 3.75. The van der Waals surface area contributed by atoms with Crippen LogP contribution in [0.15, 0.2) is 54.7 Å². The SMILES string of the molecule is Fc1cccc(CN2CCC(c3[nH]ncc3-c3ccccc3)CC2)c1F. The van der Waals surface area contributed by atoms with Gasteiger partial charge in [0.05, 0.1) is 6.20 Å². The molecule has 0 atom stereocenters. The topological polar surface area (TPSA) is 31.9 Å². The summed E-state index contributed by atoms with van der Waals surface area (Å²) in [6.45, 7) is 2.16. The maximum Gasteiger partial charge on any atom is 0.163 e. The number of piperidine rings is 1. The molecule has 0 unspecified atom stereocenters. The quantitative estimate of drug-likeness (QED) is 0.735. The molecule has 1 aliphatic rings. The molecule has 5 heteroatoms. The first kappa shape index (κ1) is 16.9. The van der Waals surface area contributed by atoms with Gasteiger partial charge in [0.2, 0.25) is 0 Å². The first-order valence-electron chi connectivity index (χ1n) is 8.96. The molecule has 0 amide bonds. The van der Waals surface area contributed by atoms with E-state index in [0.29, 0.717) is 18.0 Å². The van der Waals surface area contributed by atoms with E-state index in [-0.39, 0.29) is 0 Å². The number of H-pyrrole nitrogens is 1. The maximum atomic E-state index is 13.9. The van der Waals surface area contributed by atoms with Gasteiger partial charge < -0.3 is 0 Å². The Balaban J connectivity index is 1.43. The predicted molar refractivity (Wildman–Crippen MR) is 97.6 cm³/mol. The molecule has 0 spiro atoms. The molecule has 4 rings (SSSR count). The highest BCUT2D eigenvalue weighted by atomic mass is 19.2. The van der Waals surface area contributed by atoms with Crippen LogP contribution >= 0.6 is 0 Å². The largest absolute Gasteiger partial charge is 0.299 e. The number of aromatic nitrogens is 2. The van der Waals surface area contributed by atoms with Crippen molar-refractivity contribution in [2.24, 2.45) is 0 Å². The first-order chi connectivity index (χ1) is 12.7. The minimum atomic E-state index is -0.776. The third kappa shape index (κ3) is 3.40. The van der Waals surface area contributed by atoms with Crippen molar-refractivity contribution >= 4 is 0 Å². The maximum absolute atomic E-state index is 13.9. The van der Waals surface area contributed by atoms with Crippen LogP contribution in [0, 0.1) is 11.6 Å². The highest BCUT2D eigenvalue weighted by Gasteiger charge is 2.25. The Hall–Kier alpha value is -2.53. The molecule has 0 bridgehead atoms. The fourth-order valence-electron chi connectivity index (χ4n) is 3.75. The monoisotopic (exact) mass is 353 g/mol. The third-order valence-corrected chi connectivity index (χ3v) is 5.17. The summed E-state index contributed by atoms with van der Waals surface area (Å²) >= 11 is 0. The molecule has 0 saturated carbocycles. The van der Waals surface area contributed by atoms with Crippen molar-refractivity contribution in [3.63, 3.8) is 0 Å². The average molecular weight is 353 g/mol. The second-order valence-corrected chi connectivity index (χ2v) is 6.83. The van der Waals surface area contributed by atoms with E-state index in [1.807, 2.05) is 24.4 Å². The van der Waals surface area contributed by atoms with Gasteiger partial charge in [0, 0.05) is 29.3 Å². The number of hydrogen-bond acceptors (Lipinski definition) is 2. The molecular formula is C21H21F2N3. The molecule has 1 aromatic heterocycles. The zero-order chi connectivity index (χ0) is 17.9. The van der Waals surface area contributed by atoms with Gasteiger partial charge in [-0.25, -0.2) is 8.78 Å². The summed E-state index contributed by atoms with van der Waals surface area (Å²) in [5.41, 5.74) is 3.92. The van der Waals surface area contributed by atoms with Crippen LogP contribution in [0.25, 0.3) is 11.1 Å². The van der Waals surface area contributed by atoms with Crippen molar-refractivity contribution in [1.82, 2.24) is 15.1 Å². The lowest BCUT2D eigenvalue weighted by molar-refractivity contribution is 0.200. The second-order valence-electron chi connectivity index (χ2n) is 6.83. The van der Waals surface area contributed by atoms with Gasteiger partial charge in [-0.2, -0.15) is 5.10 Å². The Kier molecular flexibility index (Phi) is 4.80. The molecular weight excluding hydrogens is 332 g/mol. The molecule has 134 valence electrons. The molecule has 3 aromatic rings. The molecule has 1 aliphatic heterocycles. The Morgan fingerprint density at radius 3 is 2.54 bits per heavy atom. The number of hydrogen-bond donors (Lipinski definition) is 1. The second kappa shape index (κ2) is 7.38. The highest BCUT2D eigenvalue weighted by Crippen LogP contribution is 2.34. The van der Waals surface area contributed by atoms with E-state index >= 15 is 0 Å². The highest BCUT2D eigenvalue weighted by molar-refractivity contribution is 5.65. The standard InChI is InChI=1S/C21H21F2N3/c22-19-8-4-7-17(20(19)23)14-26-11-9-16(10-12-26)21-18(13-24-25-21)15-5-2-1-3-6-15/h1-8,13,16H,9-12,14H2,(H,24,25). The summed E-state index contributed by atoms with van der Waals surface area (Å²) in [5.74, 6) is -1.10. The summed E-state index contributed by atoms with van der Waals surface area (Å²) in [6, 6.07) is 14.6. The van der Waals surface area contributed by atoms with Gasteiger partial charge >= 0.3 is 0 Å². The molecule has 3 nitrogen and oxygen atoms in total. The lowest BCUT2D eigenvalue weighted by atomic mass is 9.89. The van der Waals surface area contributed by atoms with Crippen LogP contribution in [0.5, 0.6) is 0 Å². The minimum Gasteiger partial charge on any atom is -0.299 e. The smallest absolute Gasteiger partial charge is 0.163 e. The molecule has 1 fully saturated rings. The summed E-state index contributed by atoms with van der Waals surface area (Å²) in [5, 5.41) is 7.43. The molecule has 26 heavy (non-hydrogen) atoms. The average Bonchev–Trinajstić information content (AvgIpc) is 3.17. The normalized spacial score (nSPS) is 16.1. The lowest BCUT2D eigenvalue weighted by Crippen LogP contribution is -2.33. The van der Waals surface area contributed by atoms with E-state index in [1.54, 1.807) is 12.1 Å². The minimum absolute atomic E-state index is 0.404. The molecule has 0 radical (unpaired) electrons. The molecule has 1 N–H and O–H groups in total. The Morgan fingerprint density at radius 1 is 1.00 bits per heavy atom. The van der Waals surface area contributed by atoms with Gasteiger partial charge in [0.25, 0.3) is 0 Å². The van der Waals surface area contributed by atoms with Gasteiger partial charge in [-0.1, -0.05) is 42.5 Å². The van der Waals surface area contributed by atoms with Crippen molar-refractivity contribution in [1.29, 1.82) is 0 Å². The predicted octanol–water partition coefficient (Wildman–Crippen LogP) is 4.73. The number of aromatic amines is 1. The van der Waals surface area contributed by atoms with Crippen LogP contribution in [0.4, 0.5) is 8.78 Å². The molecule has 2 aromatic carbocycles. The third-order valence-electron chi connectivity index (χ3n) is 5.17. The van der Waals surface area contributed by atoms with Gasteiger partial charge in [0.1, 0.15) is 0 Å². The van der Waals surface area contributed by atoms with E-state index in [4.69, 9.17) is 0 Å². The Labute approximate surface area is 151 Å². The number of nitrogens with zero attached hydrogens (tertiary/aromatic N) is 2. The van der Waals surface area contributed by atoms with Crippen molar-refractivity contribution in [3.8, 4) is 11.1 Å². The number of nitrogens with one attached hydrogen (secondary N) is 1. The van der Waals surface area contributed by atoms with E-state index < -0.39 is 11.6 Å². The van der Waals surface area contributed by atoms with Crippen molar-refractivity contribution in [2.45, 2.75) is 25.3 Å². The summed E-state index contributed by atoms with van der Waals surface area (Å²) in [7, 11) is 0.